The average Bonchev–Trinajstić information content (AvgIpc) is 3.40. The summed E-state index contributed by atoms with van der Waals surface area (Å²) >= 11 is 0. The lowest BCUT2D eigenvalue weighted by Gasteiger charge is -2.11. The molecule has 2 aromatic heterocycles. The molecule has 1 N–H and O–H groups in total. The maximum absolute atomic E-state index is 12.8. The fourth-order valence-corrected chi connectivity index (χ4v) is 3.41. The van der Waals surface area contributed by atoms with Crippen LogP contribution in [0.15, 0.2) is 67.1 Å². The molecule has 0 spiro atoms. The normalized spacial score (nSPS) is 12.1. The zero-order valence-electron chi connectivity index (χ0n) is 20.0. The monoisotopic (exact) mass is 517 g/mol. The van der Waals surface area contributed by atoms with E-state index < -0.39 is 23.2 Å². The van der Waals surface area contributed by atoms with Crippen molar-refractivity contribution in [1.29, 1.82) is 0 Å². The van der Waals surface area contributed by atoms with Crippen LogP contribution in [0.1, 0.15) is 29.5 Å². The Bertz CT molecular complexity index is 1540. The van der Waals surface area contributed by atoms with Crippen LogP contribution in [0.3, 0.4) is 0 Å². The highest BCUT2D eigenvalue weighted by Gasteiger charge is 2.30. The second-order valence-corrected chi connectivity index (χ2v) is 8.04. The van der Waals surface area contributed by atoms with Crippen LogP contribution in [0.5, 0.6) is 11.5 Å². The number of methoxy groups -OCH3 is 1. The van der Waals surface area contributed by atoms with E-state index in [9.17, 15) is 22.8 Å². The van der Waals surface area contributed by atoms with Gasteiger partial charge in [-0.3, -0.25) is 0 Å². The minimum atomic E-state index is -4.43. The Morgan fingerprint density at radius 3 is 2.46 bits per heavy atom. The number of alkyl halides is 3. The van der Waals surface area contributed by atoms with Crippen molar-refractivity contribution >= 4 is 5.57 Å². The Labute approximate surface area is 207 Å². The van der Waals surface area contributed by atoms with Crippen LogP contribution >= 0.6 is 0 Å². The number of halogens is 3. The number of ether oxygens (including phenoxy) is 2. The molecule has 0 aliphatic carbocycles. The number of aromatic amines is 1. The van der Waals surface area contributed by atoms with Crippen molar-refractivity contribution in [3.63, 3.8) is 0 Å². The van der Waals surface area contributed by atoms with Crippen LogP contribution in [0, 0.1) is 6.92 Å². The molecule has 194 valence electrons. The maximum atomic E-state index is 12.8. The van der Waals surface area contributed by atoms with Crippen LogP contribution in [-0.4, -0.2) is 21.8 Å². The highest BCUT2D eigenvalue weighted by molar-refractivity contribution is 5.66. The molecule has 0 aliphatic rings. The number of nitrogens with zero attached hydrogens (tertiary/aromatic N) is 2. The number of H-pyrrole nitrogens is 1. The third-order valence-electron chi connectivity index (χ3n) is 5.49. The summed E-state index contributed by atoms with van der Waals surface area (Å²) in [6.45, 7) is 3.58. The van der Waals surface area contributed by atoms with Crippen molar-refractivity contribution in [2.24, 2.45) is 0 Å². The molecule has 9 nitrogen and oxygen atoms in total. The summed E-state index contributed by atoms with van der Waals surface area (Å²) in [5.74, 6) is 0.797. The van der Waals surface area contributed by atoms with Gasteiger partial charge in [-0.05, 0) is 61.4 Å². The molecule has 0 aliphatic heterocycles. The van der Waals surface area contributed by atoms with Crippen LogP contribution in [-0.2, 0) is 19.3 Å². The van der Waals surface area contributed by atoms with Crippen LogP contribution in [0.25, 0.3) is 17.0 Å². The van der Waals surface area contributed by atoms with Gasteiger partial charge in [0.25, 0.3) is 0 Å². The Hall–Kier alpha value is -4.48. The number of nitrogens with one attached hydrogen (secondary N) is 1. The molecule has 37 heavy (non-hydrogen) atoms. The van der Waals surface area contributed by atoms with Crippen molar-refractivity contribution in [3.05, 3.63) is 92.2 Å². The quantitative estimate of drug-likeness (QED) is 0.357. The van der Waals surface area contributed by atoms with Crippen LogP contribution < -0.4 is 20.9 Å². The van der Waals surface area contributed by atoms with Crippen LogP contribution in [0.2, 0.25) is 0 Å². The van der Waals surface area contributed by atoms with E-state index in [1.54, 1.807) is 31.2 Å². The summed E-state index contributed by atoms with van der Waals surface area (Å²) < 4.78 is 61.0. The lowest BCUT2D eigenvalue weighted by Crippen LogP contribution is -2.15. The predicted molar refractivity (Wildman–Crippen MR) is 126 cm³/mol. The molecule has 0 bridgehead atoms. The Morgan fingerprint density at radius 1 is 1.14 bits per heavy atom. The van der Waals surface area contributed by atoms with Gasteiger partial charge in [-0.2, -0.15) is 13.2 Å². The highest BCUT2D eigenvalue weighted by Crippen LogP contribution is 2.32. The third-order valence-corrected chi connectivity index (χ3v) is 5.49. The second kappa shape index (κ2) is 10.2. The minimum absolute atomic E-state index is 0.0369. The van der Waals surface area contributed by atoms with Gasteiger partial charge in [-0.1, -0.05) is 6.08 Å². The Balaban J connectivity index is 1.50. The lowest BCUT2D eigenvalue weighted by atomic mass is 10.1. The van der Waals surface area contributed by atoms with Gasteiger partial charge in [0.2, 0.25) is 5.89 Å². The molecule has 2 aromatic carbocycles. The standard InChI is InChI=1S/C25H22F3N3O6/c1-14(8-9-31-23(32)30-24(33)37-31)17-10-19(34-3)12-20(11-17)35-13-21-15(2)36-22(29-21)16-4-6-18(7-5-16)25(26,27)28/h4-8,10-12H,9,13H2,1-3H3,(H,30,32,33)/b14-8+. The van der Waals surface area contributed by atoms with E-state index in [1.165, 1.54) is 19.2 Å². The first-order valence-corrected chi connectivity index (χ1v) is 11.0. The molecule has 0 atom stereocenters. The smallest absolute Gasteiger partial charge is 0.440 e. The Kier molecular flexibility index (Phi) is 7.09. The number of oxazole rings is 1. The van der Waals surface area contributed by atoms with Crippen molar-refractivity contribution in [2.75, 3.05) is 7.11 Å². The topological polar surface area (TPSA) is 112 Å². The molecular formula is C25H22F3N3O6. The van der Waals surface area contributed by atoms with Crippen molar-refractivity contribution < 1.29 is 31.6 Å². The summed E-state index contributed by atoms with van der Waals surface area (Å²) in [5.41, 5.74) is 0.982. The van der Waals surface area contributed by atoms with E-state index in [0.29, 0.717) is 28.5 Å². The SMILES string of the molecule is COc1cc(OCc2nc(-c3ccc(C(F)(F)F)cc3)oc2C)cc(/C(C)=C/Cn2oc(=O)[nH]c2=O)c1. The largest absolute Gasteiger partial charge is 0.497 e. The number of aryl methyl sites for hydroxylation is 1. The lowest BCUT2D eigenvalue weighted by molar-refractivity contribution is -0.137. The number of rotatable bonds is 8. The third kappa shape index (κ3) is 6.02. The number of allylic oxidation sites excluding steroid dienone is 2. The van der Waals surface area contributed by atoms with Gasteiger partial charge in [-0.25, -0.2) is 19.6 Å². The van der Waals surface area contributed by atoms with E-state index in [-0.39, 0.29) is 19.0 Å². The van der Waals surface area contributed by atoms with Gasteiger partial charge in [0.15, 0.2) is 0 Å². The van der Waals surface area contributed by atoms with E-state index in [1.807, 2.05) is 11.9 Å². The van der Waals surface area contributed by atoms with E-state index in [4.69, 9.17) is 18.4 Å². The number of benzene rings is 2. The first-order chi connectivity index (χ1) is 17.5. The van der Waals surface area contributed by atoms with Gasteiger partial charge < -0.3 is 18.4 Å². The average molecular weight is 517 g/mol. The fraction of sp³-hybridized carbons (Fsp3) is 0.240. The molecule has 0 unspecified atom stereocenters. The summed E-state index contributed by atoms with van der Waals surface area (Å²) in [6.07, 6.45) is -2.72. The molecule has 2 heterocycles. The van der Waals surface area contributed by atoms with E-state index in [2.05, 4.69) is 4.98 Å². The molecular weight excluding hydrogens is 495 g/mol. The van der Waals surface area contributed by atoms with Crippen molar-refractivity contribution in [3.8, 4) is 23.0 Å². The first kappa shape index (κ1) is 25.6. The fourth-order valence-electron chi connectivity index (χ4n) is 3.41. The van der Waals surface area contributed by atoms with Gasteiger partial charge in [0.05, 0.1) is 19.2 Å². The first-order valence-electron chi connectivity index (χ1n) is 11.0. The molecule has 0 saturated heterocycles. The molecule has 12 heteroatoms. The molecule has 0 radical (unpaired) electrons. The zero-order valence-corrected chi connectivity index (χ0v) is 20.0. The van der Waals surface area contributed by atoms with Crippen LogP contribution in [0.4, 0.5) is 13.2 Å². The maximum Gasteiger partial charge on any atom is 0.440 e. The van der Waals surface area contributed by atoms with E-state index >= 15 is 0 Å². The number of hydrogen-bond acceptors (Lipinski definition) is 7. The summed E-state index contributed by atoms with van der Waals surface area (Å²) in [4.78, 5) is 29.2. The summed E-state index contributed by atoms with van der Waals surface area (Å²) in [5, 5.41) is 0. The summed E-state index contributed by atoms with van der Waals surface area (Å²) in [6, 6.07) is 9.76. The molecule has 0 saturated carbocycles. The van der Waals surface area contributed by atoms with Gasteiger partial charge in [0.1, 0.15) is 29.6 Å². The zero-order chi connectivity index (χ0) is 26.7. The number of hydrogen-bond donors (Lipinski definition) is 1. The predicted octanol–water partition coefficient (Wildman–Crippen LogP) is 4.80. The number of aromatic nitrogens is 3. The Morgan fingerprint density at radius 2 is 1.84 bits per heavy atom. The highest BCUT2D eigenvalue weighted by atomic mass is 19.4. The van der Waals surface area contributed by atoms with E-state index in [0.717, 1.165) is 28.0 Å². The summed E-state index contributed by atoms with van der Waals surface area (Å²) in [7, 11) is 1.51. The molecule has 4 aromatic rings. The van der Waals surface area contributed by atoms with Gasteiger partial charge in [-0.15, -0.1) is 4.74 Å². The molecule has 0 fully saturated rings. The van der Waals surface area contributed by atoms with Gasteiger partial charge in [0, 0.05) is 11.6 Å². The minimum Gasteiger partial charge on any atom is -0.497 e. The van der Waals surface area contributed by atoms with Gasteiger partial charge >= 0.3 is 17.6 Å². The van der Waals surface area contributed by atoms with Crippen molar-refractivity contribution in [2.45, 2.75) is 33.2 Å². The van der Waals surface area contributed by atoms with Crippen molar-refractivity contribution in [1.82, 2.24) is 14.7 Å². The second-order valence-electron chi connectivity index (χ2n) is 8.04. The molecule has 4 rings (SSSR count). The molecule has 0 amide bonds.